The van der Waals surface area contributed by atoms with E-state index in [-0.39, 0.29) is 12.0 Å². The first kappa shape index (κ1) is 15.8. The van der Waals surface area contributed by atoms with Gasteiger partial charge in [0.25, 0.3) is 0 Å². The van der Waals surface area contributed by atoms with Crippen molar-refractivity contribution in [2.75, 3.05) is 0 Å². The number of amides is 1. The molecule has 0 atom stereocenters. The molecule has 0 heterocycles. The minimum Gasteiger partial charge on any atom is -0.273 e. The van der Waals surface area contributed by atoms with Gasteiger partial charge in [-0.3, -0.25) is 4.79 Å². The molecule has 0 bridgehead atoms. The summed E-state index contributed by atoms with van der Waals surface area (Å²) < 4.78 is 37.7. The van der Waals surface area contributed by atoms with Gasteiger partial charge in [-0.15, -0.1) is 0 Å². The molecule has 1 amide bonds. The van der Waals surface area contributed by atoms with E-state index >= 15 is 0 Å². The maximum absolute atomic E-state index is 12.6. The number of halogens is 3. The molecular weight excluding hydrogens is 293 g/mol. The number of alkyl halides is 3. The fraction of sp³-hybridized carbons (Fsp3) is 0.125. The molecule has 0 radical (unpaired) electrons. The van der Waals surface area contributed by atoms with Gasteiger partial charge < -0.3 is 0 Å². The van der Waals surface area contributed by atoms with Crippen LogP contribution >= 0.6 is 0 Å². The molecular formula is C16H13F3N2O. The number of carbonyl (C=O) groups is 1. The highest BCUT2D eigenvalue weighted by Gasteiger charge is 2.30. The predicted molar refractivity (Wildman–Crippen MR) is 77.3 cm³/mol. The molecule has 0 fully saturated rings. The number of hydrazone groups is 1. The Hall–Kier alpha value is -2.63. The number of nitrogens with one attached hydrogen (secondary N) is 1. The van der Waals surface area contributed by atoms with Gasteiger partial charge in [-0.1, -0.05) is 48.5 Å². The van der Waals surface area contributed by atoms with Crippen LogP contribution in [0.4, 0.5) is 13.2 Å². The molecule has 0 spiro atoms. The highest BCUT2D eigenvalue weighted by atomic mass is 19.4. The van der Waals surface area contributed by atoms with E-state index < -0.39 is 17.6 Å². The Morgan fingerprint density at radius 2 is 1.82 bits per heavy atom. The lowest BCUT2D eigenvalue weighted by Gasteiger charge is -2.08. The Balaban J connectivity index is 1.94. The van der Waals surface area contributed by atoms with E-state index in [4.69, 9.17) is 0 Å². The van der Waals surface area contributed by atoms with E-state index in [9.17, 15) is 18.0 Å². The molecule has 114 valence electrons. The molecule has 0 unspecified atom stereocenters. The van der Waals surface area contributed by atoms with E-state index in [1.807, 2.05) is 30.3 Å². The minimum atomic E-state index is -4.42. The number of carbonyl (C=O) groups excluding carboxylic acids is 1. The van der Waals surface area contributed by atoms with Gasteiger partial charge in [-0.2, -0.15) is 18.3 Å². The van der Waals surface area contributed by atoms with Crippen molar-refractivity contribution in [1.82, 2.24) is 5.43 Å². The first-order valence-electron chi connectivity index (χ1n) is 6.48. The Bertz CT molecular complexity index is 667. The largest absolute Gasteiger partial charge is 0.416 e. The van der Waals surface area contributed by atoms with Crippen LogP contribution in [-0.2, 0) is 17.4 Å². The van der Waals surface area contributed by atoms with Gasteiger partial charge in [0.2, 0.25) is 5.91 Å². The zero-order valence-electron chi connectivity index (χ0n) is 11.5. The maximum Gasteiger partial charge on any atom is 0.416 e. The van der Waals surface area contributed by atoms with Crippen LogP contribution in [-0.4, -0.2) is 12.1 Å². The van der Waals surface area contributed by atoms with Gasteiger partial charge in [0.1, 0.15) is 0 Å². The van der Waals surface area contributed by atoms with Crippen LogP contribution in [0.15, 0.2) is 59.7 Å². The second-order valence-electron chi connectivity index (χ2n) is 4.58. The molecule has 2 aromatic carbocycles. The van der Waals surface area contributed by atoms with Crippen LogP contribution in [0.2, 0.25) is 0 Å². The SMILES string of the molecule is O=C(Cc1cccc(C(F)(F)F)c1)N/N=C\c1ccccc1. The Morgan fingerprint density at radius 1 is 1.09 bits per heavy atom. The van der Waals surface area contributed by atoms with Crippen LogP contribution in [0.5, 0.6) is 0 Å². The zero-order valence-corrected chi connectivity index (χ0v) is 11.5. The van der Waals surface area contributed by atoms with Crippen molar-refractivity contribution >= 4 is 12.1 Å². The van der Waals surface area contributed by atoms with Crippen molar-refractivity contribution in [1.29, 1.82) is 0 Å². The van der Waals surface area contributed by atoms with Crippen LogP contribution < -0.4 is 5.43 Å². The standard InChI is InChI=1S/C16H13F3N2O/c17-16(18,19)14-8-4-7-13(9-14)10-15(22)21-20-11-12-5-2-1-3-6-12/h1-9,11H,10H2,(H,21,22)/b20-11-. The lowest BCUT2D eigenvalue weighted by atomic mass is 10.1. The van der Waals surface area contributed by atoms with Crippen LogP contribution in [0.25, 0.3) is 0 Å². The van der Waals surface area contributed by atoms with Crippen molar-refractivity contribution in [3.63, 3.8) is 0 Å². The minimum absolute atomic E-state index is 0.171. The predicted octanol–water partition coefficient (Wildman–Crippen LogP) is 3.40. The Labute approximate surface area is 125 Å². The van der Waals surface area contributed by atoms with E-state index in [1.54, 1.807) is 0 Å². The summed E-state index contributed by atoms with van der Waals surface area (Å²) in [6.45, 7) is 0. The van der Waals surface area contributed by atoms with Crippen molar-refractivity contribution in [2.45, 2.75) is 12.6 Å². The fourth-order valence-corrected chi connectivity index (χ4v) is 1.80. The number of hydrogen-bond donors (Lipinski definition) is 1. The molecule has 3 nitrogen and oxygen atoms in total. The summed E-state index contributed by atoms with van der Waals surface area (Å²) in [5.41, 5.74) is 2.60. The van der Waals surface area contributed by atoms with Crippen LogP contribution in [0.1, 0.15) is 16.7 Å². The smallest absolute Gasteiger partial charge is 0.273 e. The molecule has 2 aromatic rings. The summed E-state index contributed by atoms with van der Waals surface area (Å²) in [4.78, 5) is 11.7. The molecule has 0 aliphatic carbocycles. The summed E-state index contributed by atoms with van der Waals surface area (Å²) >= 11 is 0. The molecule has 0 saturated carbocycles. The van der Waals surface area contributed by atoms with Crippen molar-refractivity contribution in [2.24, 2.45) is 5.10 Å². The summed E-state index contributed by atoms with van der Waals surface area (Å²) in [7, 11) is 0. The molecule has 2 rings (SSSR count). The third-order valence-electron chi connectivity index (χ3n) is 2.82. The van der Waals surface area contributed by atoms with E-state index in [0.717, 1.165) is 17.7 Å². The third-order valence-corrected chi connectivity index (χ3v) is 2.82. The second-order valence-corrected chi connectivity index (χ2v) is 4.58. The molecule has 0 saturated heterocycles. The highest BCUT2D eigenvalue weighted by Crippen LogP contribution is 2.29. The first-order chi connectivity index (χ1) is 10.4. The molecule has 0 aliphatic rings. The van der Waals surface area contributed by atoms with E-state index in [2.05, 4.69) is 10.5 Å². The molecule has 22 heavy (non-hydrogen) atoms. The average Bonchev–Trinajstić information content (AvgIpc) is 2.48. The quantitative estimate of drug-likeness (QED) is 0.682. The molecule has 6 heteroatoms. The lowest BCUT2D eigenvalue weighted by Crippen LogP contribution is -2.20. The fourth-order valence-electron chi connectivity index (χ4n) is 1.80. The third kappa shape index (κ3) is 4.73. The average molecular weight is 306 g/mol. The van der Waals surface area contributed by atoms with Crippen molar-refractivity contribution < 1.29 is 18.0 Å². The van der Waals surface area contributed by atoms with Crippen molar-refractivity contribution in [3.05, 3.63) is 71.3 Å². The highest BCUT2D eigenvalue weighted by molar-refractivity contribution is 5.83. The maximum atomic E-state index is 12.6. The van der Waals surface area contributed by atoms with Crippen molar-refractivity contribution in [3.8, 4) is 0 Å². The summed E-state index contributed by atoms with van der Waals surface area (Å²) in [5, 5.41) is 3.76. The van der Waals surface area contributed by atoms with Gasteiger partial charge in [0.15, 0.2) is 0 Å². The Morgan fingerprint density at radius 3 is 2.50 bits per heavy atom. The Kier molecular flexibility index (Phi) is 4.93. The summed E-state index contributed by atoms with van der Waals surface area (Å²) in [6.07, 6.45) is -3.13. The van der Waals surface area contributed by atoms with Crippen LogP contribution in [0.3, 0.4) is 0 Å². The van der Waals surface area contributed by atoms with Gasteiger partial charge in [-0.05, 0) is 17.2 Å². The molecule has 0 aliphatic heterocycles. The summed E-state index contributed by atoms with van der Waals surface area (Å²) in [5.74, 6) is -0.480. The lowest BCUT2D eigenvalue weighted by molar-refractivity contribution is -0.137. The van der Waals surface area contributed by atoms with Gasteiger partial charge in [-0.25, -0.2) is 5.43 Å². The van der Waals surface area contributed by atoms with Crippen LogP contribution in [0, 0.1) is 0 Å². The second kappa shape index (κ2) is 6.89. The number of hydrogen-bond acceptors (Lipinski definition) is 2. The number of nitrogens with zero attached hydrogens (tertiary/aromatic N) is 1. The van der Waals surface area contributed by atoms with E-state index in [1.165, 1.54) is 18.3 Å². The number of benzene rings is 2. The first-order valence-corrected chi connectivity index (χ1v) is 6.48. The topological polar surface area (TPSA) is 41.5 Å². The number of rotatable bonds is 4. The normalized spacial score (nSPS) is 11.6. The summed E-state index contributed by atoms with van der Waals surface area (Å²) in [6, 6.07) is 13.8. The van der Waals surface area contributed by atoms with Gasteiger partial charge in [0.05, 0.1) is 18.2 Å². The monoisotopic (exact) mass is 306 g/mol. The van der Waals surface area contributed by atoms with Gasteiger partial charge in [0, 0.05) is 0 Å². The van der Waals surface area contributed by atoms with E-state index in [0.29, 0.717) is 0 Å². The molecule has 1 N–H and O–H groups in total. The van der Waals surface area contributed by atoms with Gasteiger partial charge >= 0.3 is 6.18 Å². The zero-order chi connectivity index (χ0) is 16.0. The molecule has 0 aromatic heterocycles.